The minimum absolute atomic E-state index is 0. The van der Waals surface area contributed by atoms with Gasteiger partial charge >= 0.3 is 0 Å². The minimum Gasteiger partial charge on any atom is -0.356 e. The number of guanidine groups is 1. The topological polar surface area (TPSA) is 73.8 Å². The summed E-state index contributed by atoms with van der Waals surface area (Å²) in [5.74, 6) is 1.37. The van der Waals surface area contributed by atoms with Crippen molar-refractivity contribution in [1.29, 1.82) is 0 Å². The van der Waals surface area contributed by atoms with Gasteiger partial charge in [0.15, 0.2) is 5.96 Å². The molecule has 2 bridgehead atoms. The summed E-state index contributed by atoms with van der Waals surface area (Å²) in [7, 11) is 1.68. The summed E-state index contributed by atoms with van der Waals surface area (Å²) in [6, 6.07) is 6.42. The monoisotopic (exact) mass is 544 g/mol. The predicted molar refractivity (Wildman–Crippen MR) is 126 cm³/mol. The van der Waals surface area contributed by atoms with Crippen LogP contribution in [0.2, 0.25) is 0 Å². The lowest BCUT2D eigenvalue weighted by atomic mass is 9.85. The smallest absolute Gasteiger partial charge is 0.233 e. The molecule has 3 aliphatic rings. The molecule has 2 amide bonds. The van der Waals surface area contributed by atoms with Crippen LogP contribution in [-0.2, 0) is 9.59 Å². The third-order valence-electron chi connectivity index (χ3n) is 5.89. The predicted octanol–water partition coefficient (Wildman–Crippen LogP) is 2.51. The summed E-state index contributed by atoms with van der Waals surface area (Å²) in [5.41, 5.74) is 0. The molecule has 2 aliphatic carbocycles. The van der Waals surface area contributed by atoms with Gasteiger partial charge in [0.05, 0.1) is 11.8 Å². The number of imide groups is 1. The number of carbonyl (C=O) groups is 2. The molecule has 1 heterocycles. The number of carbonyl (C=O) groups excluding carboxylic acids is 2. The fraction of sp³-hybridized carbons (Fsp3) is 0.476. The van der Waals surface area contributed by atoms with E-state index in [0.717, 1.165) is 17.1 Å². The van der Waals surface area contributed by atoms with E-state index in [4.69, 9.17) is 0 Å². The molecule has 1 saturated heterocycles. The molecule has 4 unspecified atom stereocenters. The first-order valence-corrected chi connectivity index (χ1v) is 10.9. The van der Waals surface area contributed by atoms with Gasteiger partial charge in [-0.2, -0.15) is 0 Å². The molecule has 1 aromatic carbocycles. The zero-order chi connectivity index (χ0) is 20.4. The summed E-state index contributed by atoms with van der Waals surface area (Å²) in [6.07, 6.45) is 5.16. The van der Waals surface area contributed by atoms with Crippen LogP contribution in [0.3, 0.4) is 0 Å². The standard InChI is InChI=1S/C21H25FN4O2S.HI/c1-23-21(25-9-11-29-16-6-4-15(22)5-7-16)24-8-10-26-19(27)17-13-2-3-14(12-13)18(17)20(26)28;/h2-7,13-14,17-18H,8-12H2,1H3,(H2,23,24,25);1H. The van der Waals surface area contributed by atoms with E-state index in [9.17, 15) is 14.0 Å². The second kappa shape index (κ2) is 10.1. The van der Waals surface area contributed by atoms with Gasteiger partial charge in [-0.25, -0.2) is 4.39 Å². The Hall–Kier alpha value is -1.62. The molecule has 4 atom stereocenters. The van der Waals surface area contributed by atoms with E-state index in [1.165, 1.54) is 17.0 Å². The van der Waals surface area contributed by atoms with E-state index < -0.39 is 0 Å². The average molecular weight is 544 g/mol. The lowest BCUT2D eigenvalue weighted by Gasteiger charge is -2.18. The van der Waals surface area contributed by atoms with E-state index >= 15 is 0 Å². The number of hydrogen-bond donors (Lipinski definition) is 2. The molecule has 0 radical (unpaired) electrons. The maximum Gasteiger partial charge on any atom is 0.233 e. The second-order valence-corrected chi connectivity index (χ2v) is 8.72. The van der Waals surface area contributed by atoms with Crippen LogP contribution in [0.15, 0.2) is 46.3 Å². The fourth-order valence-corrected chi connectivity index (χ4v) is 5.33. The lowest BCUT2D eigenvalue weighted by molar-refractivity contribution is -0.140. The largest absolute Gasteiger partial charge is 0.356 e. The van der Waals surface area contributed by atoms with Crippen molar-refractivity contribution in [2.75, 3.05) is 32.4 Å². The number of likely N-dealkylation sites (tertiary alicyclic amines) is 1. The van der Waals surface area contributed by atoms with Crippen molar-refractivity contribution >= 4 is 53.5 Å². The van der Waals surface area contributed by atoms with Gasteiger partial charge in [-0.05, 0) is 42.5 Å². The van der Waals surface area contributed by atoms with Gasteiger partial charge in [-0.1, -0.05) is 12.2 Å². The van der Waals surface area contributed by atoms with Gasteiger partial charge in [0.2, 0.25) is 11.8 Å². The zero-order valence-corrected chi connectivity index (χ0v) is 19.9. The van der Waals surface area contributed by atoms with Gasteiger partial charge in [-0.15, -0.1) is 35.7 Å². The molecular weight excluding hydrogens is 518 g/mol. The Kier molecular flexibility index (Phi) is 7.78. The summed E-state index contributed by atoms with van der Waals surface area (Å²) >= 11 is 1.63. The summed E-state index contributed by atoms with van der Waals surface area (Å²) in [5, 5.41) is 6.37. The van der Waals surface area contributed by atoms with Crippen molar-refractivity contribution in [3.63, 3.8) is 0 Å². The number of benzene rings is 1. The first-order chi connectivity index (χ1) is 14.1. The molecule has 30 heavy (non-hydrogen) atoms. The number of nitrogens with zero attached hydrogens (tertiary/aromatic N) is 2. The Bertz CT molecular complexity index is 818. The molecule has 0 aromatic heterocycles. The van der Waals surface area contributed by atoms with Crippen LogP contribution in [-0.4, -0.2) is 55.1 Å². The maximum absolute atomic E-state index is 12.9. The number of fused-ring (bicyclic) bond motifs is 5. The quantitative estimate of drug-likeness (QED) is 0.105. The number of rotatable bonds is 7. The van der Waals surface area contributed by atoms with Crippen LogP contribution in [0.5, 0.6) is 0 Å². The Morgan fingerprint density at radius 2 is 1.70 bits per heavy atom. The molecule has 2 N–H and O–H groups in total. The molecule has 162 valence electrons. The van der Waals surface area contributed by atoms with Crippen LogP contribution in [0, 0.1) is 29.5 Å². The van der Waals surface area contributed by atoms with Gasteiger partial charge in [0, 0.05) is 37.3 Å². The van der Waals surface area contributed by atoms with Gasteiger partial charge in [0.25, 0.3) is 0 Å². The molecule has 4 rings (SSSR count). The zero-order valence-electron chi connectivity index (χ0n) is 16.7. The van der Waals surface area contributed by atoms with Crippen LogP contribution in [0.1, 0.15) is 6.42 Å². The van der Waals surface area contributed by atoms with Crippen molar-refractivity contribution in [3.8, 4) is 0 Å². The summed E-state index contributed by atoms with van der Waals surface area (Å²) in [6.45, 7) is 1.50. The number of aliphatic imine (C=N–C) groups is 1. The number of allylic oxidation sites excluding steroid dienone is 2. The van der Waals surface area contributed by atoms with Crippen LogP contribution in [0.25, 0.3) is 0 Å². The Morgan fingerprint density at radius 3 is 2.30 bits per heavy atom. The minimum atomic E-state index is -0.236. The number of halogens is 2. The Balaban J connectivity index is 0.00000256. The Morgan fingerprint density at radius 1 is 1.10 bits per heavy atom. The number of amides is 2. The Labute approximate surface area is 197 Å². The normalized spacial score (nSPS) is 26.7. The average Bonchev–Trinajstić information content (AvgIpc) is 3.40. The highest BCUT2D eigenvalue weighted by Crippen LogP contribution is 2.52. The molecule has 9 heteroatoms. The summed E-state index contributed by atoms with van der Waals surface area (Å²) < 4.78 is 12.9. The van der Waals surface area contributed by atoms with Gasteiger partial charge in [-0.3, -0.25) is 19.5 Å². The fourth-order valence-electron chi connectivity index (χ4n) is 4.56. The highest BCUT2D eigenvalue weighted by atomic mass is 127. The van der Waals surface area contributed by atoms with Crippen LogP contribution >= 0.6 is 35.7 Å². The molecule has 1 aromatic rings. The molecule has 2 fully saturated rings. The number of thioether (sulfide) groups is 1. The van der Waals surface area contributed by atoms with Crippen LogP contribution < -0.4 is 10.6 Å². The summed E-state index contributed by atoms with van der Waals surface area (Å²) in [4.78, 5) is 31.9. The van der Waals surface area contributed by atoms with Gasteiger partial charge < -0.3 is 10.6 Å². The van der Waals surface area contributed by atoms with Crippen molar-refractivity contribution < 1.29 is 14.0 Å². The van der Waals surface area contributed by atoms with Crippen molar-refractivity contribution in [2.45, 2.75) is 11.3 Å². The molecule has 1 aliphatic heterocycles. The number of hydrogen-bond acceptors (Lipinski definition) is 4. The van der Waals surface area contributed by atoms with E-state index in [0.29, 0.717) is 25.6 Å². The van der Waals surface area contributed by atoms with Crippen molar-refractivity contribution in [1.82, 2.24) is 15.5 Å². The van der Waals surface area contributed by atoms with E-state index in [1.807, 2.05) is 0 Å². The van der Waals surface area contributed by atoms with Crippen molar-refractivity contribution in [3.05, 3.63) is 42.2 Å². The maximum atomic E-state index is 12.9. The third-order valence-corrected chi connectivity index (χ3v) is 6.90. The molecule has 1 saturated carbocycles. The van der Waals surface area contributed by atoms with E-state index in [1.54, 1.807) is 30.9 Å². The van der Waals surface area contributed by atoms with Gasteiger partial charge in [0.1, 0.15) is 5.82 Å². The van der Waals surface area contributed by atoms with Crippen molar-refractivity contribution in [2.24, 2.45) is 28.7 Å². The third kappa shape index (κ3) is 4.66. The first-order valence-electron chi connectivity index (χ1n) is 9.95. The highest BCUT2D eigenvalue weighted by molar-refractivity contribution is 14.0. The number of nitrogens with one attached hydrogen (secondary N) is 2. The molecule has 6 nitrogen and oxygen atoms in total. The van der Waals surface area contributed by atoms with Crippen LogP contribution in [0.4, 0.5) is 4.39 Å². The lowest BCUT2D eigenvalue weighted by Crippen LogP contribution is -2.44. The first kappa shape index (κ1) is 23.1. The second-order valence-electron chi connectivity index (χ2n) is 7.56. The van der Waals surface area contributed by atoms with E-state index in [2.05, 4.69) is 27.8 Å². The SMILES string of the molecule is CN=C(NCCSc1ccc(F)cc1)NCCN1C(=O)C2C3C=CC(C3)C2C1=O.I. The molecular formula is C21H26FIN4O2S. The molecule has 0 spiro atoms. The van der Waals surface area contributed by atoms with E-state index in [-0.39, 0.29) is 65.3 Å². The highest BCUT2D eigenvalue weighted by Gasteiger charge is 2.58.